The number of hydrogen-bond donors (Lipinski definition) is 0. The van der Waals surface area contributed by atoms with Crippen molar-refractivity contribution in [3.8, 4) is 0 Å². The summed E-state index contributed by atoms with van der Waals surface area (Å²) in [6.45, 7) is 2.71. The van der Waals surface area contributed by atoms with Gasteiger partial charge in [0.15, 0.2) is 5.76 Å². The summed E-state index contributed by atoms with van der Waals surface area (Å²) in [7, 11) is 0. The lowest BCUT2D eigenvalue weighted by atomic mass is 9.80. The maximum atomic E-state index is 13.2. The first-order chi connectivity index (χ1) is 16.6. The molecule has 2 amide bonds. The smallest absolute Gasteiger partial charge is 0.289 e. The minimum Gasteiger partial charge on any atom is -0.451 e. The minimum atomic E-state index is 0.0215. The third-order valence-electron chi connectivity index (χ3n) is 7.60. The summed E-state index contributed by atoms with van der Waals surface area (Å²) in [4.78, 5) is 29.9. The van der Waals surface area contributed by atoms with Crippen LogP contribution in [0.15, 0.2) is 47.2 Å². The van der Waals surface area contributed by atoms with Gasteiger partial charge in [0.05, 0.1) is 12.7 Å². The number of aromatic nitrogens is 3. The van der Waals surface area contributed by atoms with Gasteiger partial charge in [-0.25, -0.2) is 0 Å². The monoisotopic (exact) mass is 459 g/mol. The lowest BCUT2D eigenvalue weighted by Gasteiger charge is -2.44. The lowest BCUT2D eigenvalue weighted by molar-refractivity contribution is -0.131. The Kier molecular flexibility index (Phi) is 5.43. The zero-order valence-electron chi connectivity index (χ0n) is 19.2. The predicted molar refractivity (Wildman–Crippen MR) is 127 cm³/mol. The molecule has 5 heterocycles. The van der Waals surface area contributed by atoms with Crippen molar-refractivity contribution in [2.45, 2.75) is 51.1 Å². The van der Waals surface area contributed by atoms with Gasteiger partial charge in [-0.2, -0.15) is 0 Å². The van der Waals surface area contributed by atoms with Crippen LogP contribution in [0.25, 0.3) is 16.5 Å². The van der Waals surface area contributed by atoms with Crippen LogP contribution in [0.5, 0.6) is 0 Å². The van der Waals surface area contributed by atoms with Crippen molar-refractivity contribution in [3.63, 3.8) is 0 Å². The highest BCUT2D eigenvalue weighted by atomic mass is 16.3. The van der Waals surface area contributed by atoms with Gasteiger partial charge in [-0.1, -0.05) is 17.4 Å². The van der Waals surface area contributed by atoms with E-state index in [1.54, 1.807) is 17.1 Å². The normalized spacial score (nSPS) is 22.3. The summed E-state index contributed by atoms with van der Waals surface area (Å²) in [5, 5.41) is 8.64. The van der Waals surface area contributed by atoms with Crippen LogP contribution in [0.2, 0.25) is 0 Å². The SMILES string of the molecule is O=C(CCn1ccnn1)N1CCC=C(c2ccc3oc(C(=O)N4CC5CCC4CC5)cc3c2)C1. The molecule has 34 heavy (non-hydrogen) atoms. The third-order valence-corrected chi connectivity index (χ3v) is 7.60. The topological polar surface area (TPSA) is 84.5 Å². The molecule has 1 aliphatic carbocycles. The van der Waals surface area contributed by atoms with Gasteiger partial charge in [-0.3, -0.25) is 14.3 Å². The van der Waals surface area contributed by atoms with Gasteiger partial charge in [0, 0.05) is 43.7 Å². The zero-order valence-corrected chi connectivity index (χ0v) is 19.2. The van der Waals surface area contributed by atoms with Crippen LogP contribution < -0.4 is 0 Å². The van der Waals surface area contributed by atoms with Gasteiger partial charge in [-0.05, 0) is 67.4 Å². The largest absolute Gasteiger partial charge is 0.451 e. The van der Waals surface area contributed by atoms with Crippen LogP contribution in [0.4, 0.5) is 0 Å². The Morgan fingerprint density at radius 1 is 1.12 bits per heavy atom. The van der Waals surface area contributed by atoms with E-state index in [1.807, 2.05) is 28.0 Å². The first kappa shape index (κ1) is 21.1. The molecule has 8 nitrogen and oxygen atoms in total. The molecule has 0 radical (unpaired) electrons. The van der Waals surface area contributed by atoms with Crippen molar-refractivity contribution in [2.75, 3.05) is 19.6 Å². The second-order valence-corrected chi connectivity index (χ2v) is 9.74. The maximum absolute atomic E-state index is 13.2. The standard InChI is InChI=1S/C26H29N5O3/c32-25(9-12-30-13-10-27-28-30)29-11-1-2-20(17-29)19-5-8-23-21(14-19)15-24(34-23)26(33)31-16-18-3-6-22(31)7-4-18/h2,5,8,10,13-15,18,22H,1,3-4,6-7,9,11-12,16-17H2. The lowest BCUT2D eigenvalue weighted by Crippen LogP contribution is -2.50. The van der Waals surface area contributed by atoms with Crippen molar-refractivity contribution in [1.82, 2.24) is 24.8 Å². The molecule has 2 bridgehead atoms. The molecule has 176 valence electrons. The van der Waals surface area contributed by atoms with E-state index in [-0.39, 0.29) is 11.8 Å². The number of nitrogens with zero attached hydrogens (tertiary/aromatic N) is 5. The summed E-state index contributed by atoms with van der Waals surface area (Å²) < 4.78 is 7.65. The van der Waals surface area contributed by atoms with E-state index in [0.29, 0.717) is 37.2 Å². The molecule has 1 saturated carbocycles. The average molecular weight is 460 g/mol. The summed E-state index contributed by atoms with van der Waals surface area (Å²) in [5.41, 5.74) is 2.93. The summed E-state index contributed by atoms with van der Waals surface area (Å²) in [6.07, 6.45) is 11.5. The molecular weight excluding hydrogens is 430 g/mol. The fraction of sp³-hybridized carbons (Fsp3) is 0.462. The molecule has 3 fully saturated rings. The van der Waals surface area contributed by atoms with E-state index in [4.69, 9.17) is 4.42 Å². The molecule has 4 aliphatic rings. The van der Waals surface area contributed by atoms with Crippen LogP contribution in [0.1, 0.15) is 54.6 Å². The van der Waals surface area contributed by atoms with E-state index in [1.165, 1.54) is 12.8 Å². The molecule has 2 saturated heterocycles. The Balaban J connectivity index is 1.15. The number of hydrogen-bond acceptors (Lipinski definition) is 5. The molecular formula is C26H29N5O3. The predicted octanol–water partition coefficient (Wildman–Crippen LogP) is 3.74. The van der Waals surface area contributed by atoms with E-state index in [2.05, 4.69) is 22.5 Å². The molecule has 0 spiro atoms. The molecule has 3 aliphatic heterocycles. The average Bonchev–Trinajstić information content (AvgIpc) is 3.57. The molecule has 1 aromatic carbocycles. The summed E-state index contributed by atoms with van der Waals surface area (Å²) in [5.74, 6) is 1.22. The van der Waals surface area contributed by atoms with Gasteiger partial charge in [0.2, 0.25) is 5.91 Å². The molecule has 0 unspecified atom stereocenters. The molecule has 0 N–H and O–H groups in total. The van der Waals surface area contributed by atoms with Crippen LogP contribution in [-0.4, -0.2) is 62.3 Å². The number of piperidine rings is 2. The molecule has 2 aromatic heterocycles. The Hall–Kier alpha value is -3.42. The van der Waals surface area contributed by atoms with Gasteiger partial charge < -0.3 is 14.2 Å². The summed E-state index contributed by atoms with van der Waals surface area (Å²) in [6, 6.07) is 8.29. The number of fused-ring (bicyclic) bond motifs is 4. The zero-order chi connectivity index (χ0) is 23.1. The first-order valence-electron chi connectivity index (χ1n) is 12.3. The maximum Gasteiger partial charge on any atom is 0.289 e. The fourth-order valence-electron chi connectivity index (χ4n) is 5.69. The number of carbonyl (C=O) groups is 2. The van der Waals surface area contributed by atoms with Gasteiger partial charge in [-0.15, -0.1) is 5.10 Å². The van der Waals surface area contributed by atoms with Crippen molar-refractivity contribution < 1.29 is 14.0 Å². The second kappa shape index (κ2) is 8.74. The fourth-order valence-corrected chi connectivity index (χ4v) is 5.69. The Bertz CT molecular complexity index is 1240. The van der Waals surface area contributed by atoms with Crippen molar-refractivity contribution in [1.29, 1.82) is 0 Å². The molecule has 7 rings (SSSR count). The number of benzene rings is 1. The van der Waals surface area contributed by atoms with Crippen molar-refractivity contribution in [2.24, 2.45) is 5.92 Å². The van der Waals surface area contributed by atoms with E-state index in [9.17, 15) is 9.59 Å². The Morgan fingerprint density at radius 2 is 2.00 bits per heavy atom. The number of rotatable bonds is 5. The van der Waals surface area contributed by atoms with Gasteiger partial charge in [0.1, 0.15) is 5.58 Å². The summed E-state index contributed by atoms with van der Waals surface area (Å²) >= 11 is 0. The Labute approximate surface area is 198 Å². The Morgan fingerprint density at radius 3 is 2.76 bits per heavy atom. The van der Waals surface area contributed by atoms with Crippen LogP contribution in [-0.2, 0) is 11.3 Å². The van der Waals surface area contributed by atoms with Crippen molar-refractivity contribution in [3.05, 3.63) is 54.1 Å². The number of amides is 2. The number of furan rings is 1. The van der Waals surface area contributed by atoms with Crippen LogP contribution in [0.3, 0.4) is 0 Å². The molecule has 3 aromatic rings. The number of aryl methyl sites for hydroxylation is 1. The van der Waals surface area contributed by atoms with Crippen molar-refractivity contribution >= 4 is 28.4 Å². The van der Waals surface area contributed by atoms with Crippen LogP contribution >= 0.6 is 0 Å². The quantitative estimate of drug-likeness (QED) is 0.580. The van der Waals surface area contributed by atoms with Gasteiger partial charge in [0.25, 0.3) is 5.91 Å². The molecule has 0 atom stereocenters. The van der Waals surface area contributed by atoms with Crippen LogP contribution in [0, 0.1) is 5.92 Å². The highest BCUT2D eigenvalue weighted by Crippen LogP contribution is 2.36. The second-order valence-electron chi connectivity index (χ2n) is 9.74. The van der Waals surface area contributed by atoms with E-state index < -0.39 is 0 Å². The first-order valence-corrected chi connectivity index (χ1v) is 12.3. The third kappa shape index (κ3) is 4.02. The van der Waals surface area contributed by atoms with E-state index in [0.717, 1.165) is 54.5 Å². The highest BCUT2D eigenvalue weighted by molar-refractivity contribution is 5.97. The highest BCUT2D eigenvalue weighted by Gasteiger charge is 2.37. The van der Waals surface area contributed by atoms with E-state index >= 15 is 0 Å². The minimum absolute atomic E-state index is 0.0215. The molecule has 8 heteroatoms. The number of carbonyl (C=O) groups excluding carboxylic acids is 2. The van der Waals surface area contributed by atoms with Gasteiger partial charge >= 0.3 is 0 Å².